The van der Waals surface area contributed by atoms with Crippen LogP contribution in [0.25, 0.3) is 0 Å². The molecule has 0 saturated carbocycles. The van der Waals surface area contributed by atoms with E-state index in [9.17, 15) is 18.0 Å². The van der Waals surface area contributed by atoms with Gasteiger partial charge in [0.25, 0.3) is 5.91 Å². The molecular formula is C17H19ClF3N5O. The monoisotopic (exact) mass is 401 g/mol. The summed E-state index contributed by atoms with van der Waals surface area (Å²) in [5.41, 5.74) is 4.32. The number of amides is 1. The number of rotatable bonds is 6. The van der Waals surface area contributed by atoms with E-state index in [2.05, 4.69) is 15.3 Å². The molecule has 1 amide bonds. The van der Waals surface area contributed by atoms with Crippen molar-refractivity contribution >= 4 is 29.1 Å². The van der Waals surface area contributed by atoms with E-state index in [1.807, 2.05) is 6.92 Å². The van der Waals surface area contributed by atoms with Crippen LogP contribution in [0.1, 0.15) is 29.3 Å². The Morgan fingerprint density at radius 3 is 2.59 bits per heavy atom. The van der Waals surface area contributed by atoms with Crippen molar-refractivity contribution in [1.29, 1.82) is 0 Å². The van der Waals surface area contributed by atoms with Gasteiger partial charge in [0.15, 0.2) is 0 Å². The maximum Gasteiger partial charge on any atom is 0.417 e. The first-order chi connectivity index (χ1) is 12.6. The molecule has 2 aromatic rings. The number of nitrogens with zero attached hydrogens (tertiary/aromatic N) is 3. The normalized spacial score (nSPS) is 12.5. The van der Waals surface area contributed by atoms with Gasteiger partial charge in [-0.15, -0.1) is 0 Å². The van der Waals surface area contributed by atoms with Crippen LogP contribution in [-0.2, 0) is 6.18 Å². The largest absolute Gasteiger partial charge is 0.417 e. The summed E-state index contributed by atoms with van der Waals surface area (Å²) in [6.07, 6.45) is -1.96. The number of nitrogens with two attached hydrogens (primary N) is 1. The number of likely N-dealkylation sites (N-methyl/N-ethyl adjacent to an activating group) is 1. The molecule has 2 heterocycles. The molecule has 0 aromatic carbocycles. The Labute approximate surface area is 159 Å². The number of aromatic nitrogens is 2. The van der Waals surface area contributed by atoms with Crippen molar-refractivity contribution in [3.05, 3.63) is 46.7 Å². The number of nitrogens with one attached hydrogen (secondary N) is 1. The van der Waals surface area contributed by atoms with E-state index in [4.69, 9.17) is 17.3 Å². The number of halogens is 4. The van der Waals surface area contributed by atoms with Crippen LogP contribution >= 0.6 is 11.6 Å². The molecule has 0 radical (unpaired) electrons. The number of hydrogen-bond acceptors (Lipinski definition) is 5. The maximum absolute atomic E-state index is 12.9. The second-order valence-corrected chi connectivity index (χ2v) is 6.31. The first-order valence-electron chi connectivity index (χ1n) is 8.08. The third kappa shape index (κ3) is 5.22. The Morgan fingerprint density at radius 2 is 2.04 bits per heavy atom. The Hall–Kier alpha value is -2.55. The van der Waals surface area contributed by atoms with Crippen LogP contribution in [0, 0.1) is 0 Å². The summed E-state index contributed by atoms with van der Waals surface area (Å²) in [7, 11) is 1.51. The summed E-state index contributed by atoms with van der Waals surface area (Å²) in [6.45, 7) is 2.21. The van der Waals surface area contributed by atoms with E-state index >= 15 is 0 Å². The number of carbonyl (C=O) groups is 1. The molecule has 3 N–H and O–H groups in total. The Morgan fingerprint density at radius 1 is 1.33 bits per heavy atom. The predicted octanol–water partition coefficient (Wildman–Crippen LogP) is 3.69. The predicted molar refractivity (Wildman–Crippen MR) is 97.6 cm³/mol. The van der Waals surface area contributed by atoms with E-state index in [-0.39, 0.29) is 17.4 Å². The van der Waals surface area contributed by atoms with Gasteiger partial charge in [-0.1, -0.05) is 18.5 Å². The van der Waals surface area contributed by atoms with E-state index < -0.39 is 17.6 Å². The first-order valence-corrected chi connectivity index (χ1v) is 8.46. The third-order valence-electron chi connectivity index (χ3n) is 4.06. The van der Waals surface area contributed by atoms with Crippen LogP contribution < -0.4 is 11.1 Å². The molecule has 0 saturated heterocycles. The molecule has 6 nitrogen and oxygen atoms in total. The van der Waals surface area contributed by atoms with E-state index in [0.29, 0.717) is 30.0 Å². The molecule has 0 aliphatic rings. The maximum atomic E-state index is 12.9. The van der Waals surface area contributed by atoms with Crippen molar-refractivity contribution in [2.45, 2.75) is 25.6 Å². The van der Waals surface area contributed by atoms with Gasteiger partial charge in [0.05, 0.1) is 16.1 Å². The quantitative estimate of drug-likeness (QED) is 0.771. The molecule has 2 rings (SSSR count). The molecule has 0 fully saturated rings. The Balaban J connectivity index is 2.15. The minimum absolute atomic E-state index is 0.248. The summed E-state index contributed by atoms with van der Waals surface area (Å²) >= 11 is 5.78. The van der Waals surface area contributed by atoms with E-state index in [1.165, 1.54) is 18.1 Å². The van der Waals surface area contributed by atoms with Gasteiger partial charge < -0.3 is 16.0 Å². The van der Waals surface area contributed by atoms with Crippen LogP contribution in [0.4, 0.5) is 24.8 Å². The number of pyridine rings is 2. The number of hydrogen-bond donors (Lipinski definition) is 2. The fourth-order valence-electron chi connectivity index (χ4n) is 2.42. The zero-order valence-electron chi connectivity index (χ0n) is 14.7. The fourth-order valence-corrected chi connectivity index (χ4v) is 2.53. The van der Waals surface area contributed by atoms with Crippen molar-refractivity contribution in [3.8, 4) is 0 Å². The highest BCUT2D eigenvalue weighted by atomic mass is 35.5. The van der Waals surface area contributed by atoms with Crippen LogP contribution in [0.15, 0.2) is 30.6 Å². The van der Waals surface area contributed by atoms with Gasteiger partial charge in [0, 0.05) is 32.0 Å². The molecule has 146 valence electrons. The lowest BCUT2D eigenvalue weighted by Gasteiger charge is -2.28. The molecule has 2 aromatic heterocycles. The highest BCUT2D eigenvalue weighted by Crippen LogP contribution is 2.30. The summed E-state index contributed by atoms with van der Waals surface area (Å²) in [4.78, 5) is 21.6. The molecule has 1 unspecified atom stereocenters. The van der Waals surface area contributed by atoms with Gasteiger partial charge >= 0.3 is 6.18 Å². The zero-order chi connectivity index (χ0) is 20.2. The highest BCUT2D eigenvalue weighted by Gasteiger charge is 2.33. The minimum atomic E-state index is -4.61. The molecule has 0 aliphatic heterocycles. The lowest BCUT2D eigenvalue weighted by molar-refractivity contribution is -0.137. The van der Waals surface area contributed by atoms with Gasteiger partial charge in [-0.25, -0.2) is 9.97 Å². The van der Waals surface area contributed by atoms with Crippen LogP contribution in [0.3, 0.4) is 0 Å². The molecule has 27 heavy (non-hydrogen) atoms. The summed E-state index contributed by atoms with van der Waals surface area (Å²) in [5, 5.41) is 3.56. The lowest BCUT2D eigenvalue weighted by Crippen LogP contribution is -2.41. The van der Waals surface area contributed by atoms with Gasteiger partial charge in [0.1, 0.15) is 11.6 Å². The number of anilines is 2. The molecule has 1 atom stereocenters. The van der Waals surface area contributed by atoms with Crippen molar-refractivity contribution in [2.75, 3.05) is 24.6 Å². The van der Waals surface area contributed by atoms with Crippen LogP contribution in [-0.4, -0.2) is 40.4 Å². The Bertz CT molecular complexity index is 798. The summed E-state index contributed by atoms with van der Waals surface area (Å²) in [5.74, 6) is -0.315. The van der Waals surface area contributed by atoms with Gasteiger partial charge in [-0.05, 0) is 24.6 Å². The highest BCUT2D eigenvalue weighted by molar-refractivity contribution is 6.30. The molecule has 10 heteroatoms. The smallest absolute Gasteiger partial charge is 0.383 e. The van der Waals surface area contributed by atoms with Gasteiger partial charge in [-0.3, -0.25) is 4.79 Å². The zero-order valence-corrected chi connectivity index (χ0v) is 15.5. The third-order valence-corrected chi connectivity index (χ3v) is 4.29. The molecular weight excluding hydrogens is 383 g/mol. The molecule has 0 bridgehead atoms. The summed E-state index contributed by atoms with van der Waals surface area (Å²) in [6, 6.07) is 3.78. The second-order valence-electron chi connectivity index (χ2n) is 5.88. The van der Waals surface area contributed by atoms with Crippen molar-refractivity contribution < 1.29 is 18.0 Å². The minimum Gasteiger partial charge on any atom is -0.383 e. The van der Waals surface area contributed by atoms with Crippen LogP contribution in [0.5, 0.6) is 0 Å². The van der Waals surface area contributed by atoms with Gasteiger partial charge in [0.2, 0.25) is 0 Å². The SMILES string of the molecule is CCC(CNc1ccc(Cl)cn1)N(C)C(=O)c1cc(C(F)(F)F)cnc1N. The summed E-state index contributed by atoms with van der Waals surface area (Å²) < 4.78 is 38.7. The van der Waals surface area contributed by atoms with Crippen molar-refractivity contribution in [2.24, 2.45) is 0 Å². The average Bonchev–Trinajstić information content (AvgIpc) is 2.62. The standard InChI is InChI=1S/C17H19ClF3N5O/c1-3-12(9-24-14-5-4-11(18)8-23-14)26(2)16(27)13-6-10(17(19,20)21)7-25-15(13)22/h4-8,12H,3,9H2,1-2H3,(H2,22,25)(H,23,24). The molecule has 0 spiro atoms. The van der Waals surface area contributed by atoms with Gasteiger partial charge in [-0.2, -0.15) is 13.2 Å². The first kappa shape index (κ1) is 20.8. The lowest BCUT2D eigenvalue weighted by atomic mass is 10.1. The number of alkyl halides is 3. The second kappa shape index (κ2) is 8.43. The Kier molecular flexibility index (Phi) is 6.48. The average molecular weight is 402 g/mol. The van der Waals surface area contributed by atoms with E-state index in [0.717, 1.165) is 6.07 Å². The van der Waals surface area contributed by atoms with E-state index in [1.54, 1.807) is 12.1 Å². The van der Waals surface area contributed by atoms with Crippen LogP contribution in [0.2, 0.25) is 5.02 Å². The topological polar surface area (TPSA) is 84.1 Å². The fraction of sp³-hybridized carbons (Fsp3) is 0.353. The van der Waals surface area contributed by atoms with Crippen molar-refractivity contribution in [3.63, 3.8) is 0 Å². The molecule has 0 aliphatic carbocycles. The number of carbonyl (C=O) groups excluding carboxylic acids is 1. The number of nitrogen functional groups attached to an aromatic ring is 1. The van der Waals surface area contributed by atoms with Crippen molar-refractivity contribution in [1.82, 2.24) is 14.9 Å².